The highest BCUT2D eigenvalue weighted by atomic mass is 16.6. The number of ether oxygens (including phenoxy) is 4. The normalized spacial score (nSPS) is 16.6. The average molecular weight is 364 g/mol. The van der Waals surface area contributed by atoms with Crippen LogP contribution in [0.4, 0.5) is 4.79 Å². The van der Waals surface area contributed by atoms with Crippen LogP contribution in [0.25, 0.3) is 0 Å². The number of nitrogens with one attached hydrogen (secondary N) is 2. The predicted molar refractivity (Wildman–Crippen MR) is 94.1 cm³/mol. The van der Waals surface area contributed by atoms with Gasteiger partial charge in [-0.05, 0) is 31.5 Å². The van der Waals surface area contributed by atoms with Crippen LogP contribution in [0, 0.1) is 0 Å². The van der Waals surface area contributed by atoms with E-state index in [9.17, 15) is 9.59 Å². The molecule has 2 N–H and O–H groups in total. The number of benzene rings is 1. The zero-order valence-corrected chi connectivity index (χ0v) is 15.4. The minimum absolute atomic E-state index is 0.124. The molecule has 2 amide bonds. The van der Waals surface area contributed by atoms with E-state index in [1.54, 1.807) is 25.1 Å². The molecule has 0 unspecified atom stereocenters. The Labute approximate surface area is 152 Å². The lowest BCUT2D eigenvalue weighted by atomic mass is 9.95. The van der Waals surface area contributed by atoms with E-state index in [1.165, 1.54) is 14.2 Å². The lowest BCUT2D eigenvalue weighted by molar-refractivity contribution is -0.140. The monoisotopic (exact) mass is 364 g/mol. The van der Waals surface area contributed by atoms with Crippen LogP contribution in [0.3, 0.4) is 0 Å². The molecular formula is C18H24N2O6. The first-order chi connectivity index (χ1) is 12.5. The maximum atomic E-state index is 12.5. The smallest absolute Gasteiger partial charge is 0.338 e. The first-order valence-corrected chi connectivity index (χ1v) is 8.26. The van der Waals surface area contributed by atoms with Crippen molar-refractivity contribution in [3.63, 3.8) is 0 Å². The number of carbonyl (C=O) groups excluding carboxylic acids is 2. The number of hydrogen-bond acceptors (Lipinski definition) is 6. The van der Waals surface area contributed by atoms with Crippen LogP contribution in [0.1, 0.15) is 25.5 Å². The Morgan fingerprint density at radius 3 is 2.62 bits per heavy atom. The minimum atomic E-state index is -0.664. The summed E-state index contributed by atoms with van der Waals surface area (Å²) in [5.74, 6) is 0.579. The summed E-state index contributed by atoms with van der Waals surface area (Å²) >= 11 is 0. The molecule has 1 heterocycles. The summed E-state index contributed by atoms with van der Waals surface area (Å²) in [5.41, 5.74) is 1.44. The molecule has 1 aromatic rings. The molecule has 0 aliphatic carbocycles. The number of esters is 1. The summed E-state index contributed by atoms with van der Waals surface area (Å²) in [6, 6.07) is 4.20. The van der Waals surface area contributed by atoms with Crippen LogP contribution in [-0.2, 0) is 14.3 Å². The number of carbonyl (C=O) groups is 2. The Hall–Kier alpha value is -2.74. The molecule has 0 bridgehead atoms. The van der Waals surface area contributed by atoms with Crippen molar-refractivity contribution in [2.75, 3.05) is 34.0 Å². The number of hydrogen-bond donors (Lipinski definition) is 2. The SMILES string of the molecule is CCOc1ccc([C@H]2NC(=O)NC(C)=C2C(=O)OCCOC)cc1OC. The van der Waals surface area contributed by atoms with Crippen LogP contribution in [-0.4, -0.2) is 46.0 Å². The van der Waals surface area contributed by atoms with Gasteiger partial charge in [-0.15, -0.1) is 0 Å². The van der Waals surface area contributed by atoms with Gasteiger partial charge >= 0.3 is 12.0 Å². The van der Waals surface area contributed by atoms with E-state index in [1.807, 2.05) is 6.92 Å². The van der Waals surface area contributed by atoms with Crippen molar-refractivity contribution in [3.05, 3.63) is 35.0 Å². The van der Waals surface area contributed by atoms with Crippen molar-refractivity contribution in [1.29, 1.82) is 0 Å². The van der Waals surface area contributed by atoms with Gasteiger partial charge in [-0.2, -0.15) is 0 Å². The Morgan fingerprint density at radius 1 is 1.19 bits per heavy atom. The molecule has 0 saturated heterocycles. The second-order valence-electron chi connectivity index (χ2n) is 5.54. The first kappa shape index (κ1) is 19.6. The summed E-state index contributed by atoms with van der Waals surface area (Å²) in [6.45, 7) is 4.44. The van der Waals surface area contributed by atoms with Gasteiger partial charge < -0.3 is 29.6 Å². The van der Waals surface area contributed by atoms with Crippen molar-refractivity contribution in [3.8, 4) is 11.5 Å². The Kier molecular flexibility index (Phi) is 6.85. The van der Waals surface area contributed by atoms with Gasteiger partial charge in [-0.1, -0.05) is 6.07 Å². The van der Waals surface area contributed by atoms with Crippen LogP contribution in [0.2, 0.25) is 0 Å². The molecule has 1 atom stereocenters. The van der Waals surface area contributed by atoms with E-state index in [2.05, 4.69) is 10.6 Å². The largest absolute Gasteiger partial charge is 0.493 e. The van der Waals surface area contributed by atoms with Gasteiger partial charge in [0.15, 0.2) is 11.5 Å². The summed E-state index contributed by atoms with van der Waals surface area (Å²) in [7, 11) is 3.05. The molecule has 0 fully saturated rings. The van der Waals surface area contributed by atoms with Crippen LogP contribution in [0.15, 0.2) is 29.5 Å². The molecular weight excluding hydrogens is 340 g/mol. The van der Waals surface area contributed by atoms with Gasteiger partial charge in [-0.3, -0.25) is 0 Å². The van der Waals surface area contributed by atoms with Gasteiger partial charge in [0.1, 0.15) is 6.61 Å². The minimum Gasteiger partial charge on any atom is -0.493 e. The second-order valence-corrected chi connectivity index (χ2v) is 5.54. The van der Waals surface area contributed by atoms with Crippen LogP contribution >= 0.6 is 0 Å². The van der Waals surface area contributed by atoms with Gasteiger partial charge in [-0.25, -0.2) is 9.59 Å². The molecule has 0 saturated carbocycles. The van der Waals surface area contributed by atoms with Gasteiger partial charge in [0.2, 0.25) is 0 Å². The molecule has 1 aliphatic rings. The Morgan fingerprint density at radius 2 is 1.96 bits per heavy atom. The second kappa shape index (κ2) is 9.10. The Balaban J connectivity index is 2.36. The highest BCUT2D eigenvalue weighted by Crippen LogP contribution is 2.34. The van der Waals surface area contributed by atoms with Crippen LogP contribution in [0.5, 0.6) is 11.5 Å². The van der Waals surface area contributed by atoms with E-state index in [-0.39, 0.29) is 6.61 Å². The molecule has 8 nitrogen and oxygen atoms in total. The zero-order valence-electron chi connectivity index (χ0n) is 15.4. The highest BCUT2D eigenvalue weighted by molar-refractivity contribution is 5.95. The van der Waals surface area contributed by atoms with Crippen molar-refractivity contribution < 1.29 is 28.5 Å². The highest BCUT2D eigenvalue weighted by Gasteiger charge is 2.32. The van der Waals surface area contributed by atoms with E-state index in [0.717, 1.165) is 0 Å². The fourth-order valence-corrected chi connectivity index (χ4v) is 2.65. The quantitative estimate of drug-likeness (QED) is 0.540. The summed E-state index contributed by atoms with van der Waals surface area (Å²) < 4.78 is 21.0. The van der Waals surface area contributed by atoms with Crippen LogP contribution < -0.4 is 20.1 Å². The summed E-state index contributed by atoms with van der Waals surface area (Å²) in [4.78, 5) is 24.4. The predicted octanol–water partition coefficient (Wildman–Crippen LogP) is 1.91. The number of allylic oxidation sites excluding steroid dienone is 1. The molecule has 0 aromatic heterocycles. The third-order valence-electron chi connectivity index (χ3n) is 3.83. The summed E-state index contributed by atoms with van der Waals surface area (Å²) in [5, 5.41) is 5.35. The topological polar surface area (TPSA) is 95.1 Å². The third-order valence-corrected chi connectivity index (χ3v) is 3.83. The molecule has 142 valence electrons. The number of urea groups is 1. The molecule has 0 spiro atoms. The van der Waals surface area contributed by atoms with E-state index in [4.69, 9.17) is 18.9 Å². The average Bonchev–Trinajstić information content (AvgIpc) is 2.61. The molecule has 0 radical (unpaired) electrons. The van der Waals surface area contributed by atoms with E-state index >= 15 is 0 Å². The number of amides is 2. The maximum Gasteiger partial charge on any atom is 0.338 e. The van der Waals surface area contributed by atoms with Crippen molar-refractivity contribution >= 4 is 12.0 Å². The summed E-state index contributed by atoms with van der Waals surface area (Å²) in [6.07, 6.45) is 0. The molecule has 26 heavy (non-hydrogen) atoms. The Bertz CT molecular complexity index is 701. The molecule has 8 heteroatoms. The first-order valence-electron chi connectivity index (χ1n) is 8.26. The van der Waals surface area contributed by atoms with Gasteiger partial charge in [0, 0.05) is 12.8 Å². The van der Waals surface area contributed by atoms with Crippen molar-refractivity contribution in [2.45, 2.75) is 19.9 Å². The number of rotatable bonds is 8. The fourth-order valence-electron chi connectivity index (χ4n) is 2.65. The molecule has 2 rings (SSSR count). The lowest BCUT2D eigenvalue weighted by Gasteiger charge is -2.28. The third kappa shape index (κ3) is 4.45. The zero-order chi connectivity index (χ0) is 19.1. The maximum absolute atomic E-state index is 12.5. The van der Waals surface area contributed by atoms with Gasteiger partial charge in [0.05, 0.1) is 31.9 Å². The molecule has 1 aliphatic heterocycles. The molecule has 1 aromatic carbocycles. The van der Waals surface area contributed by atoms with Gasteiger partial charge in [0.25, 0.3) is 0 Å². The lowest BCUT2D eigenvalue weighted by Crippen LogP contribution is -2.45. The number of methoxy groups -OCH3 is 2. The van der Waals surface area contributed by atoms with Crippen molar-refractivity contribution in [1.82, 2.24) is 10.6 Å². The van der Waals surface area contributed by atoms with E-state index < -0.39 is 18.0 Å². The van der Waals surface area contributed by atoms with Crippen molar-refractivity contribution in [2.24, 2.45) is 0 Å². The van der Waals surface area contributed by atoms with E-state index in [0.29, 0.717) is 41.5 Å². The fraction of sp³-hybridized carbons (Fsp3) is 0.444. The standard InChI is InChI=1S/C18H24N2O6/c1-5-25-13-7-6-12(10-14(13)24-4)16-15(11(2)19-18(22)20-16)17(21)26-9-8-23-3/h6-7,10,16H,5,8-9H2,1-4H3,(H2,19,20,22)/t16-/m1/s1.